The van der Waals surface area contributed by atoms with Crippen molar-refractivity contribution in [1.29, 1.82) is 5.26 Å². The topological polar surface area (TPSA) is 109 Å². The average molecular weight is 490 g/mol. The maximum Gasteiger partial charge on any atom is 0.318 e. The number of carbonyl (C=O) groups is 1. The molecule has 0 spiro atoms. The van der Waals surface area contributed by atoms with E-state index in [9.17, 15) is 9.18 Å². The minimum Gasteiger partial charge on any atom is -0.381 e. The first-order valence-electron chi connectivity index (χ1n) is 12.1. The zero-order valence-electron chi connectivity index (χ0n) is 20.2. The molecular weight excluding hydrogens is 461 g/mol. The quantitative estimate of drug-likeness (QED) is 0.590. The summed E-state index contributed by atoms with van der Waals surface area (Å²) in [5.74, 6) is 0.704. The van der Waals surface area contributed by atoms with E-state index in [0.717, 1.165) is 49.6 Å². The second kappa shape index (κ2) is 10.4. The molecule has 1 fully saturated rings. The van der Waals surface area contributed by atoms with Gasteiger partial charge in [0.25, 0.3) is 0 Å². The summed E-state index contributed by atoms with van der Waals surface area (Å²) in [6.45, 7) is 2.48. The highest BCUT2D eigenvalue weighted by atomic mass is 19.1. The fourth-order valence-corrected chi connectivity index (χ4v) is 4.79. The van der Waals surface area contributed by atoms with Crippen molar-refractivity contribution in [2.24, 2.45) is 13.0 Å². The molecule has 2 amide bonds. The molecule has 5 rings (SSSR count). The molecule has 9 nitrogen and oxygen atoms in total. The predicted octanol–water partition coefficient (Wildman–Crippen LogP) is 3.05. The van der Waals surface area contributed by atoms with E-state index in [4.69, 9.17) is 15.0 Å². The first-order chi connectivity index (χ1) is 17.5. The van der Waals surface area contributed by atoms with E-state index in [1.807, 2.05) is 12.3 Å². The van der Waals surface area contributed by atoms with Crippen LogP contribution in [0.5, 0.6) is 0 Å². The highest BCUT2D eigenvalue weighted by Crippen LogP contribution is 2.25. The molecule has 36 heavy (non-hydrogen) atoms. The van der Waals surface area contributed by atoms with Crippen LogP contribution in [0.15, 0.2) is 36.8 Å². The van der Waals surface area contributed by atoms with Crippen LogP contribution in [-0.2, 0) is 31.2 Å². The van der Waals surface area contributed by atoms with Crippen molar-refractivity contribution in [2.75, 3.05) is 19.8 Å². The minimum atomic E-state index is -0.626. The lowest BCUT2D eigenvalue weighted by molar-refractivity contribution is 0.0659. The number of fused-ring (bicyclic) bond motifs is 1. The summed E-state index contributed by atoms with van der Waals surface area (Å²) in [5.41, 5.74) is 3.14. The molecule has 2 aromatic heterocycles. The van der Waals surface area contributed by atoms with Gasteiger partial charge in [-0.2, -0.15) is 10.4 Å². The number of nitrogens with one attached hydrogen (secondary N) is 1. The van der Waals surface area contributed by atoms with E-state index in [2.05, 4.69) is 15.4 Å². The lowest BCUT2D eigenvalue weighted by atomic mass is 9.96. The number of aromatic nitrogens is 4. The number of nitriles is 1. The van der Waals surface area contributed by atoms with Crippen molar-refractivity contribution in [3.8, 4) is 6.07 Å². The Bertz CT molecular complexity index is 1300. The number of benzene rings is 1. The average Bonchev–Trinajstić information content (AvgIpc) is 3.33. The SMILES string of the molecule is Cn1cc([C@@H](NC(=O)N2CCc3cnc(CC4CCOCC4)nc3C2)c2ccc(C#N)c(F)c2)cn1. The summed E-state index contributed by atoms with van der Waals surface area (Å²) >= 11 is 0. The summed E-state index contributed by atoms with van der Waals surface area (Å²) in [7, 11) is 1.78. The number of hydrogen-bond acceptors (Lipinski definition) is 6. The van der Waals surface area contributed by atoms with E-state index < -0.39 is 11.9 Å². The fourth-order valence-electron chi connectivity index (χ4n) is 4.79. The number of urea groups is 1. The lowest BCUT2D eigenvalue weighted by Gasteiger charge is -2.30. The number of rotatable bonds is 5. The molecular formula is C26H28FN7O2. The standard InChI is InChI=1S/C26H28FN7O2/c1-33-15-21(14-30-33)25(18-2-3-19(12-28)22(27)11-18)32-26(35)34-7-4-20-13-29-24(31-23(20)16-34)10-17-5-8-36-9-6-17/h2-3,11,13-15,17,25H,4-10,16H2,1H3,(H,32,35)/t25-/m0/s1. The number of aryl methyl sites for hydroxylation is 1. The molecule has 2 aliphatic heterocycles. The van der Waals surface area contributed by atoms with Crippen LogP contribution < -0.4 is 5.32 Å². The number of ether oxygens (including phenoxy) is 1. The van der Waals surface area contributed by atoms with Gasteiger partial charge in [0, 0.05) is 51.2 Å². The number of hydrogen-bond donors (Lipinski definition) is 1. The summed E-state index contributed by atoms with van der Waals surface area (Å²) in [6.07, 6.45) is 8.83. The maximum absolute atomic E-state index is 14.4. The van der Waals surface area contributed by atoms with Gasteiger partial charge in [-0.25, -0.2) is 19.2 Å². The Morgan fingerprint density at radius 3 is 2.86 bits per heavy atom. The Hall–Kier alpha value is -3.84. The first kappa shape index (κ1) is 23.9. The maximum atomic E-state index is 14.4. The molecule has 2 aliphatic rings. The highest BCUT2D eigenvalue weighted by Gasteiger charge is 2.27. The Morgan fingerprint density at radius 2 is 2.14 bits per heavy atom. The lowest BCUT2D eigenvalue weighted by Crippen LogP contribution is -2.44. The van der Waals surface area contributed by atoms with Crippen molar-refractivity contribution in [3.05, 3.63) is 76.4 Å². The first-order valence-corrected chi connectivity index (χ1v) is 12.1. The minimum absolute atomic E-state index is 0.0427. The largest absolute Gasteiger partial charge is 0.381 e. The van der Waals surface area contributed by atoms with Gasteiger partial charge >= 0.3 is 6.03 Å². The third-order valence-corrected chi connectivity index (χ3v) is 6.87. The van der Waals surface area contributed by atoms with Crippen molar-refractivity contribution in [1.82, 2.24) is 30.0 Å². The number of amides is 2. The molecule has 1 N–H and O–H groups in total. The molecule has 1 atom stereocenters. The van der Waals surface area contributed by atoms with Crippen molar-refractivity contribution < 1.29 is 13.9 Å². The fraction of sp³-hybridized carbons (Fsp3) is 0.423. The van der Waals surface area contributed by atoms with Crippen LogP contribution in [0.2, 0.25) is 0 Å². The van der Waals surface area contributed by atoms with Gasteiger partial charge in [0.2, 0.25) is 0 Å². The molecule has 0 aliphatic carbocycles. The molecule has 3 aromatic rings. The van der Waals surface area contributed by atoms with E-state index >= 15 is 0 Å². The molecule has 1 saturated heterocycles. The molecule has 186 valence electrons. The summed E-state index contributed by atoms with van der Waals surface area (Å²) < 4.78 is 21.5. The molecule has 0 bridgehead atoms. The number of halogens is 1. The second-order valence-corrected chi connectivity index (χ2v) is 9.37. The summed E-state index contributed by atoms with van der Waals surface area (Å²) in [5, 5.41) is 16.3. The molecule has 0 radical (unpaired) electrons. The second-order valence-electron chi connectivity index (χ2n) is 9.37. The molecule has 0 saturated carbocycles. The van der Waals surface area contributed by atoms with Crippen molar-refractivity contribution in [2.45, 2.75) is 38.3 Å². The smallest absolute Gasteiger partial charge is 0.318 e. The van der Waals surface area contributed by atoms with Crippen LogP contribution in [0.25, 0.3) is 0 Å². The van der Waals surface area contributed by atoms with Gasteiger partial charge in [-0.3, -0.25) is 4.68 Å². The van der Waals surface area contributed by atoms with E-state index in [0.29, 0.717) is 36.6 Å². The molecule has 1 aromatic carbocycles. The third kappa shape index (κ3) is 5.21. The normalized spacial score (nSPS) is 16.8. The monoisotopic (exact) mass is 489 g/mol. The van der Waals surface area contributed by atoms with Crippen molar-refractivity contribution >= 4 is 6.03 Å². The van der Waals surface area contributed by atoms with Crippen LogP contribution in [0.4, 0.5) is 9.18 Å². The van der Waals surface area contributed by atoms with Gasteiger partial charge in [0.05, 0.1) is 30.0 Å². The summed E-state index contributed by atoms with van der Waals surface area (Å²) in [4.78, 5) is 24.5. The number of carbonyl (C=O) groups excluding carboxylic acids is 1. The van der Waals surface area contributed by atoms with Gasteiger partial charge in [-0.05, 0) is 48.4 Å². The van der Waals surface area contributed by atoms with Crippen LogP contribution in [0.1, 0.15) is 52.7 Å². The molecule has 4 heterocycles. The Labute approximate surface area is 208 Å². The zero-order valence-corrected chi connectivity index (χ0v) is 20.2. The Morgan fingerprint density at radius 1 is 1.31 bits per heavy atom. The van der Waals surface area contributed by atoms with Crippen molar-refractivity contribution in [3.63, 3.8) is 0 Å². The Balaban J connectivity index is 1.33. The van der Waals surface area contributed by atoms with E-state index in [-0.39, 0.29) is 11.6 Å². The number of nitrogens with zero attached hydrogens (tertiary/aromatic N) is 6. The third-order valence-electron chi connectivity index (χ3n) is 6.87. The van der Waals surface area contributed by atoms with Crippen LogP contribution in [0.3, 0.4) is 0 Å². The zero-order chi connectivity index (χ0) is 25.1. The van der Waals surface area contributed by atoms with E-state index in [1.54, 1.807) is 35.1 Å². The van der Waals surface area contributed by atoms with Gasteiger partial charge in [-0.1, -0.05) is 6.07 Å². The highest BCUT2D eigenvalue weighted by molar-refractivity contribution is 5.75. The summed E-state index contributed by atoms with van der Waals surface area (Å²) in [6, 6.07) is 5.30. The van der Waals surface area contributed by atoms with Crippen LogP contribution in [0, 0.1) is 23.1 Å². The van der Waals surface area contributed by atoms with Crippen LogP contribution >= 0.6 is 0 Å². The van der Waals surface area contributed by atoms with Gasteiger partial charge < -0.3 is 15.0 Å². The molecule has 10 heteroatoms. The molecule has 0 unspecified atom stereocenters. The van der Waals surface area contributed by atoms with Crippen LogP contribution in [-0.4, -0.2) is 50.4 Å². The predicted molar refractivity (Wildman–Crippen MR) is 128 cm³/mol. The van der Waals surface area contributed by atoms with Gasteiger partial charge in [0.1, 0.15) is 17.7 Å². The van der Waals surface area contributed by atoms with E-state index in [1.165, 1.54) is 12.1 Å². The van der Waals surface area contributed by atoms with Gasteiger partial charge in [-0.15, -0.1) is 0 Å². The Kier molecular flexibility index (Phi) is 6.91. The van der Waals surface area contributed by atoms with Gasteiger partial charge in [0.15, 0.2) is 0 Å².